The van der Waals surface area contributed by atoms with Crippen molar-refractivity contribution in [2.45, 2.75) is 52.1 Å². The van der Waals surface area contributed by atoms with Gasteiger partial charge in [0.2, 0.25) is 0 Å². The van der Waals surface area contributed by atoms with Gasteiger partial charge in [0.15, 0.2) is 0 Å². The SMILES string of the molecule is CN=CCCCC1CC(C)(C)C1(C)O. The van der Waals surface area contributed by atoms with Crippen LogP contribution in [0.4, 0.5) is 0 Å². The summed E-state index contributed by atoms with van der Waals surface area (Å²) in [5.74, 6) is 0.489. The number of unbranched alkanes of at least 4 members (excludes halogenated alkanes) is 1. The number of aliphatic imine (C=N–C) groups is 1. The minimum Gasteiger partial charge on any atom is -0.389 e. The fraction of sp³-hybridized carbons (Fsp3) is 0.917. The molecule has 2 unspecified atom stereocenters. The van der Waals surface area contributed by atoms with Crippen LogP contribution in [0.1, 0.15) is 46.5 Å². The van der Waals surface area contributed by atoms with Crippen molar-refractivity contribution in [1.29, 1.82) is 0 Å². The summed E-state index contributed by atoms with van der Waals surface area (Å²) < 4.78 is 0. The van der Waals surface area contributed by atoms with E-state index >= 15 is 0 Å². The number of hydrogen-bond donors (Lipinski definition) is 1. The van der Waals surface area contributed by atoms with Crippen molar-refractivity contribution in [1.82, 2.24) is 0 Å². The van der Waals surface area contributed by atoms with E-state index in [2.05, 4.69) is 18.8 Å². The Bertz CT molecular complexity index is 218. The van der Waals surface area contributed by atoms with Crippen LogP contribution in [0.5, 0.6) is 0 Å². The van der Waals surface area contributed by atoms with Crippen molar-refractivity contribution >= 4 is 6.21 Å². The van der Waals surface area contributed by atoms with E-state index in [1.165, 1.54) is 0 Å². The first-order chi connectivity index (χ1) is 6.42. The van der Waals surface area contributed by atoms with E-state index in [1.54, 1.807) is 0 Å². The Morgan fingerprint density at radius 3 is 2.50 bits per heavy atom. The van der Waals surface area contributed by atoms with Crippen LogP contribution in [0.3, 0.4) is 0 Å². The second-order valence-electron chi connectivity index (χ2n) is 5.30. The molecule has 1 fully saturated rings. The lowest BCUT2D eigenvalue weighted by molar-refractivity contribution is -0.190. The highest BCUT2D eigenvalue weighted by molar-refractivity contribution is 5.56. The molecule has 0 amide bonds. The maximum atomic E-state index is 10.2. The number of nitrogens with zero attached hydrogens (tertiary/aromatic N) is 1. The molecule has 14 heavy (non-hydrogen) atoms. The van der Waals surface area contributed by atoms with E-state index in [0.717, 1.165) is 25.7 Å². The summed E-state index contributed by atoms with van der Waals surface area (Å²) >= 11 is 0. The Morgan fingerprint density at radius 1 is 1.43 bits per heavy atom. The highest BCUT2D eigenvalue weighted by Crippen LogP contribution is 2.55. The third-order valence-electron chi connectivity index (χ3n) is 3.99. The van der Waals surface area contributed by atoms with Crippen molar-refractivity contribution in [2.24, 2.45) is 16.3 Å². The van der Waals surface area contributed by atoms with Crippen molar-refractivity contribution in [3.8, 4) is 0 Å². The van der Waals surface area contributed by atoms with Crippen LogP contribution >= 0.6 is 0 Å². The monoisotopic (exact) mass is 197 g/mol. The molecular formula is C12H23NO. The average Bonchev–Trinajstić information content (AvgIpc) is 2.10. The normalized spacial score (nSPS) is 35.9. The van der Waals surface area contributed by atoms with E-state index in [4.69, 9.17) is 0 Å². The molecule has 0 spiro atoms. The Morgan fingerprint density at radius 2 is 2.07 bits per heavy atom. The van der Waals surface area contributed by atoms with Gasteiger partial charge in [0.05, 0.1) is 5.60 Å². The highest BCUT2D eigenvalue weighted by atomic mass is 16.3. The molecule has 1 N–H and O–H groups in total. The van der Waals surface area contributed by atoms with E-state index < -0.39 is 5.60 Å². The fourth-order valence-electron chi connectivity index (χ4n) is 2.41. The molecule has 0 aromatic heterocycles. The quantitative estimate of drug-likeness (QED) is 0.545. The third-order valence-corrected chi connectivity index (χ3v) is 3.99. The molecule has 2 atom stereocenters. The first kappa shape index (κ1) is 11.7. The first-order valence-corrected chi connectivity index (χ1v) is 5.55. The van der Waals surface area contributed by atoms with Gasteiger partial charge >= 0.3 is 0 Å². The largest absolute Gasteiger partial charge is 0.389 e. The van der Waals surface area contributed by atoms with E-state index in [1.807, 2.05) is 20.2 Å². The third kappa shape index (κ3) is 2.00. The number of rotatable bonds is 4. The summed E-state index contributed by atoms with van der Waals surface area (Å²) in [6.07, 6.45) is 6.43. The lowest BCUT2D eigenvalue weighted by Gasteiger charge is -2.57. The van der Waals surface area contributed by atoms with Gasteiger partial charge in [0.25, 0.3) is 0 Å². The smallest absolute Gasteiger partial charge is 0.0698 e. The molecule has 0 aromatic carbocycles. The summed E-state index contributed by atoms with van der Waals surface area (Å²) in [6, 6.07) is 0. The Hall–Kier alpha value is -0.370. The van der Waals surface area contributed by atoms with Crippen LogP contribution in [0.2, 0.25) is 0 Å². The molecule has 0 radical (unpaired) electrons. The second-order valence-corrected chi connectivity index (χ2v) is 5.30. The molecule has 1 rings (SSSR count). The molecule has 0 aliphatic heterocycles. The molecule has 1 aliphatic carbocycles. The number of aliphatic hydroxyl groups is 1. The fourth-order valence-corrected chi connectivity index (χ4v) is 2.41. The molecule has 0 aromatic rings. The standard InChI is InChI=1S/C12H23NO/c1-11(2)9-10(12(11,3)14)7-5-6-8-13-4/h8,10,14H,5-7,9H2,1-4H3. The molecule has 2 nitrogen and oxygen atoms in total. The Balaban J connectivity index is 2.29. The van der Waals surface area contributed by atoms with Crippen LogP contribution in [-0.2, 0) is 0 Å². The molecule has 1 saturated carbocycles. The van der Waals surface area contributed by atoms with Crippen LogP contribution in [-0.4, -0.2) is 24.0 Å². The minimum atomic E-state index is -0.462. The van der Waals surface area contributed by atoms with Crippen molar-refractivity contribution in [2.75, 3.05) is 7.05 Å². The molecule has 82 valence electrons. The predicted molar refractivity (Wildman–Crippen MR) is 60.8 cm³/mol. The summed E-state index contributed by atoms with van der Waals surface area (Å²) in [5.41, 5.74) is -0.354. The van der Waals surface area contributed by atoms with Crippen molar-refractivity contribution in [3.05, 3.63) is 0 Å². The topological polar surface area (TPSA) is 32.6 Å². The molecule has 0 bridgehead atoms. The summed E-state index contributed by atoms with van der Waals surface area (Å²) in [4.78, 5) is 3.95. The van der Waals surface area contributed by atoms with Crippen LogP contribution in [0, 0.1) is 11.3 Å². The average molecular weight is 197 g/mol. The summed E-state index contributed by atoms with van der Waals surface area (Å²) in [7, 11) is 1.81. The molecular weight excluding hydrogens is 174 g/mol. The lowest BCUT2D eigenvalue weighted by Crippen LogP contribution is -2.59. The first-order valence-electron chi connectivity index (χ1n) is 5.55. The summed E-state index contributed by atoms with van der Waals surface area (Å²) in [6.45, 7) is 6.28. The van der Waals surface area contributed by atoms with Crippen LogP contribution in [0.15, 0.2) is 4.99 Å². The predicted octanol–water partition coefficient (Wildman–Crippen LogP) is 2.65. The minimum absolute atomic E-state index is 0.108. The second kappa shape index (κ2) is 4.01. The van der Waals surface area contributed by atoms with Gasteiger partial charge < -0.3 is 10.1 Å². The van der Waals surface area contributed by atoms with E-state index in [0.29, 0.717) is 5.92 Å². The maximum Gasteiger partial charge on any atom is 0.0698 e. The molecule has 1 aliphatic rings. The van der Waals surface area contributed by atoms with E-state index in [9.17, 15) is 5.11 Å². The van der Waals surface area contributed by atoms with Crippen molar-refractivity contribution < 1.29 is 5.11 Å². The van der Waals surface area contributed by atoms with Gasteiger partial charge in [0.1, 0.15) is 0 Å². The molecule has 0 saturated heterocycles. The maximum absolute atomic E-state index is 10.2. The highest BCUT2D eigenvalue weighted by Gasteiger charge is 2.55. The van der Waals surface area contributed by atoms with Gasteiger partial charge in [-0.3, -0.25) is 0 Å². The van der Waals surface area contributed by atoms with Gasteiger partial charge in [-0.2, -0.15) is 0 Å². The number of hydrogen-bond acceptors (Lipinski definition) is 2. The van der Waals surface area contributed by atoms with Crippen LogP contribution < -0.4 is 0 Å². The van der Waals surface area contributed by atoms with Gasteiger partial charge in [-0.15, -0.1) is 0 Å². The zero-order valence-corrected chi connectivity index (χ0v) is 9.88. The van der Waals surface area contributed by atoms with Gasteiger partial charge in [0, 0.05) is 7.05 Å². The van der Waals surface area contributed by atoms with Crippen molar-refractivity contribution in [3.63, 3.8) is 0 Å². The zero-order valence-electron chi connectivity index (χ0n) is 9.88. The van der Waals surface area contributed by atoms with Gasteiger partial charge in [-0.1, -0.05) is 13.8 Å². The molecule has 0 heterocycles. The summed E-state index contributed by atoms with van der Waals surface area (Å²) in [5, 5.41) is 10.2. The lowest BCUT2D eigenvalue weighted by atomic mass is 9.52. The Kier molecular flexibility index (Phi) is 3.36. The van der Waals surface area contributed by atoms with E-state index in [-0.39, 0.29) is 5.41 Å². The van der Waals surface area contributed by atoms with Crippen LogP contribution in [0.25, 0.3) is 0 Å². The van der Waals surface area contributed by atoms with Gasteiger partial charge in [-0.25, -0.2) is 0 Å². The Labute approximate surface area is 87.4 Å². The zero-order chi connectivity index (χ0) is 10.8. The van der Waals surface area contributed by atoms with Gasteiger partial charge in [-0.05, 0) is 50.2 Å². The molecule has 2 heteroatoms.